The van der Waals surface area contributed by atoms with Crippen molar-refractivity contribution in [3.05, 3.63) is 47.5 Å². The molecule has 19 heavy (non-hydrogen) atoms. The Morgan fingerprint density at radius 1 is 1.26 bits per heavy atom. The first-order chi connectivity index (χ1) is 9.03. The van der Waals surface area contributed by atoms with Crippen molar-refractivity contribution in [3.8, 4) is 6.07 Å². The van der Waals surface area contributed by atoms with E-state index in [1.165, 1.54) is 36.7 Å². The van der Waals surface area contributed by atoms with Crippen molar-refractivity contribution in [2.45, 2.75) is 4.90 Å². The fraction of sp³-hybridized carbons (Fsp3) is 0. The molecule has 2 aromatic rings. The zero-order valence-corrected chi connectivity index (χ0v) is 11.0. The van der Waals surface area contributed by atoms with Crippen LogP contribution in [0.4, 0.5) is 5.69 Å². The van der Waals surface area contributed by atoms with E-state index in [2.05, 4.69) is 14.7 Å². The van der Waals surface area contributed by atoms with Gasteiger partial charge in [0.1, 0.15) is 16.1 Å². The molecule has 0 bridgehead atoms. The van der Waals surface area contributed by atoms with Crippen molar-refractivity contribution in [3.63, 3.8) is 0 Å². The maximum absolute atomic E-state index is 12.1. The first-order valence-electron chi connectivity index (χ1n) is 5.02. The third-order valence-electron chi connectivity index (χ3n) is 2.14. The first kappa shape index (κ1) is 13.3. The third-order valence-corrected chi connectivity index (χ3v) is 3.76. The maximum atomic E-state index is 12.1. The molecule has 0 atom stereocenters. The van der Waals surface area contributed by atoms with E-state index in [0.717, 1.165) is 0 Å². The number of rotatable bonds is 3. The van der Waals surface area contributed by atoms with Crippen molar-refractivity contribution in [2.24, 2.45) is 0 Å². The van der Waals surface area contributed by atoms with Crippen LogP contribution in [0.1, 0.15) is 5.69 Å². The van der Waals surface area contributed by atoms with Gasteiger partial charge in [-0.25, -0.2) is 18.4 Å². The Morgan fingerprint density at radius 3 is 2.74 bits per heavy atom. The van der Waals surface area contributed by atoms with Crippen molar-refractivity contribution >= 4 is 27.3 Å². The van der Waals surface area contributed by atoms with Crippen LogP contribution >= 0.6 is 11.6 Å². The minimum atomic E-state index is -3.89. The fourth-order valence-electron chi connectivity index (χ4n) is 1.37. The molecule has 0 radical (unpaired) electrons. The number of aromatic nitrogens is 2. The molecule has 0 aliphatic rings. The summed E-state index contributed by atoms with van der Waals surface area (Å²) in [6.45, 7) is 0. The van der Waals surface area contributed by atoms with E-state index in [9.17, 15) is 8.42 Å². The second-order valence-corrected chi connectivity index (χ2v) is 5.47. The lowest BCUT2D eigenvalue weighted by molar-refractivity contribution is 0.600. The molecule has 8 heteroatoms. The van der Waals surface area contributed by atoms with Gasteiger partial charge in [0.15, 0.2) is 5.69 Å². The molecule has 0 spiro atoms. The minimum Gasteiger partial charge on any atom is -0.279 e. The molecule has 96 valence electrons. The molecule has 0 fully saturated rings. The fourth-order valence-corrected chi connectivity index (χ4v) is 2.70. The molecule has 0 saturated carbocycles. The van der Waals surface area contributed by atoms with Crippen LogP contribution in [0, 0.1) is 11.3 Å². The Hall–Kier alpha value is -2.17. The Labute approximate surface area is 114 Å². The minimum absolute atomic E-state index is 0.159. The molecular weight excluding hydrogens is 288 g/mol. The van der Waals surface area contributed by atoms with Crippen LogP contribution in [-0.2, 0) is 10.0 Å². The standard InChI is InChI=1S/C11H7ClN4O2S/c12-11-6-8(3-5-15-11)16-19(17,18)10-2-1-4-14-9(10)7-13/h1-6H,(H,15,16). The van der Waals surface area contributed by atoms with E-state index in [-0.39, 0.29) is 21.4 Å². The molecule has 2 heterocycles. The first-order valence-corrected chi connectivity index (χ1v) is 6.88. The molecule has 0 amide bonds. The van der Waals surface area contributed by atoms with E-state index in [1.807, 2.05) is 0 Å². The Kier molecular flexibility index (Phi) is 3.64. The summed E-state index contributed by atoms with van der Waals surface area (Å²) < 4.78 is 26.6. The largest absolute Gasteiger partial charge is 0.279 e. The van der Waals surface area contributed by atoms with E-state index < -0.39 is 10.0 Å². The number of sulfonamides is 1. The lowest BCUT2D eigenvalue weighted by atomic mass is 10.4. The smallest absolute Gasteiger partial charge is 0.264 e. The summed E-state index contributed by atoms with van der Waals surface area (Å²) in [5, 5.41) is 9.02. The lowest BCUT2D eigenvalue weighted by Crippen LogP contribution is -2.15. The molecule has 2 aromatic heterocycles. The van der Waals surface area contributed by atoms with Gasteiger partial charge in [-0.05, 0) is 24.3 Å². The number of anilines is 1. The van der Waals surface area contributed by atoms with Crippen molar-refractivity contribution in [1.29, 1.82) is 5.26 Å². The summed E-state index contributed by atoms with van der Waals surface area (Å²) >= 11 is 5.67. The van der Waals surface area contributed by atoms with Crippen LogP contribution < -0.4 is 4.72 Å². The molecule has 6 nitrogen and oxygen atoms in total. The second-order valence-electron chi connectivity index (χ2n) is 3.43. The molecule has 2 rings (SSSR count). The maximum Gasteiger partial charge on any atom is 0.264 e. The molecular formula is C11H7ClN4O2S. The highest BCUT2D eigenvalue weighted by Crippen LogP contribution is 2.19. The van der Waals surface area contributed by atoms with E-state index >= 15 is 0 Å². The Balaban J connectivity index is 2.41. The van der Waals surface area contributed by atoms with Crippen LogP contribution in [0.5, 0.6) is 0 Å². The average Bonchev–Trinajstić information content (AvgIpc) is 2.38. The summed E-state index contributed by atoms with van der Waals surface area (Å²) in [5.74, 6) is 0. The Bertz CT molecular complexity index is 755. The number of nitriles is 1. The normalized spacial score (nSPS) is 10.7. The molecule has 0 aromatic carbocycles. The second kappa shape index (κ2) is 5.22. The zero-order valence-electron chi connectivity index (χ0n) is 9.41. The van der Waals surface area contributed by atoms with Gasteiger partial charge >= 0.3 is 0 Å². The van der Waals surface area contributed by atoms with Gasteiger partial charge in [0.05, 0.1) is 5.69 Å². The quantitative estimate of drug-likeness (QED) is 0.871. The van der Waals surface area contributed by atoms with Gasteiger partial charge in [0, 0.05) is 12.4 Å². The van der Waals surface area contributed by atoms with Gasteiger partial charge in [0.2, 0.25) is 0 Å². The summed E-state index contributed by atoms with van der Waals surface area (Å²) in [6, 6.07) is 7.28. The topological polar surface area (TPSA) is 95.7 Å². The number of nitrogens with one attached hydrogen (secondary N) is 1. The van der Waals surface area contributed by atoms with Crippen LogP contribution in [0.2, 0.25) is 5.15 Å². The number of nitrogens with zero attached hydrogens (tertiary/aromatic N) is 3. The van der Waals surface area contributed by atoms with Crippen LogP contribution in [0.3, 0.4) is 0 Å². The highest BCUT2D eigenvalue weighted by molar-refractivity contribution is 7.92. The highest BCUT2D eigenvalue weighted by Gasteiger charge is 2.19. The van der Waals surface area contributed by atoms with Gasteiger partial charge in [-0.1, -0.05) is 11.6 Å². The molecule has 0 unspecified atom stereocenters. The van der Waals surface area contributed by atoms with Gasteiger partial charge in [0.25, 0.3) is 10.0 Å². The van der Waals surface area contributed by atoms with Gasteiger partial charge in [-0.3, -0.25) is 4.72 Å². The number of halogens is 1. The number of hydrogen-bond donors (Lipinski definition) is 1. The van der Waals surface area contributed by atoms with Crippen molar-refractivity contribution < 1.29 is 8.42 Å². The monoisotopic (exact) mass is 294 g/mol. The van der Waals surface area contributed by atoms with E-state index in [4.69, 9.17) is 16.9 Å². The molecule has 0 aliphatic heterocycles. The predicted molar refractivity (Wildman–Crippen MR) is 69.0 cm³/mol. The summed E-state index contributed by atoms with van der Waals surface area (Å²) in [4.78, 5) is 7.26. The molecule has 0 aliphatic carbocycles. The SMILES string of the molecule is N#Cc1ncccc1S(=O)(=O)Nc1ccnc(Cl)c1. The van der Waals surface area contributed by atoms with Gasteiger partial charge < -0.3 is 0 Å². The average molecular weight is 295 g/mol. The zero-order chi connectivity index (χ0) is 13.9. The van der Waals surface area contributed by atoms with Gasteiger partial charge in [-0.2, -0.15) is 5.26 Å². The summed E-state index contributed by atoms with van der Waals surface area (Å²) in [5.41, 5.74) is 0.0860. The van der Waals surface area contributed by atoms with Crippen LogP contribution in [0.15, 0.2) is 41.6 Å². The van der Waals surface area contributed by atoms with Crippen molar-refractivity contribution in [1.82, 2.24) is 9.97 Å². The summed E-state index contributed by atoms with van der Waals surface area (Å²) in [6.07, 6.45) is 2.72. The van der Waals surface area contributed by atoms with Gasteiger partial charge in [-0.15, -0.1) is 0 Å². The number of hydrogen-bond acceptors (Lipinski definition) is 5. The Morgan fingerprint density at radius 2 is 2.05 bits per heavy atom. The molecule has 0 saturated heterocycles. The van der Waals surface area contributed by atoms with Crippen LogP contribution in [-0.4, -0.2) is 18.4 Å². The lowest BCUT2D eigenvalue weighted by Gasteiger charge is -2.08. The van der Waals surface area contributed by atoms with Crippen LogP contribution in [0.25, 0.3) is 0 Å². The third kappa shape index (κ3) is 2.99. The van der Waals surface area contributed by atoms with E-state index in [1.54, 1.807) is 6.07 Å². The molecule has 1 N–H and O–H groups in total. The summed E-state index contributed by atoms with van der Waals surface area (Å²) in [7, 11) is -3.89. The van der Waals surface area contributed by atoms with Crippen molar-refractivity contribution in [2.75, 3.05) is 4.72 Å². The highest BCUT2D eigenvalue weighted by atomic mass is 35.5. The number of pyridine rings is 2. The predicted octanol–water partition coefficient (Wildman–Crippen LogP) is 1.80. The van der Waals surface area contributed by atoms with E-state index in [0.29, 0.717) is 0 Å².